The van der Waals surface area contributed by atoms with Crippen molar-refractivity contribution >= 4 is 64.8 Å². The number of hydrogen-bond donors (Lipinski definition) is 0. The number of ether oxygens (including phenoxy) is 1. The molecular formula is C46H38BN5OSi. The number of benzene rings is 6. The van der Waals surface area contributed by atoms with Crippen molar-refractivity contribution < 1.29 is 9.30 Å². The predicted octanol–water partition coefficient (Wildman–Crippen LogP) is 8.33. The molecule has 0 bridgehead atoms. The van der Waals surface area contributed by atoms with E-state index >= 15 is 0 Å². The number of hydrogen-bond acceptors (Lipinski definition) is 4. The molecule has 260 valence electrons. The van der Waals surface area contributed by atoms with Crippen molar-refractivity contribution in [2.75, 3.05) is 9.62 Å². The Bertz CT molecular complexity index is 2700. The Labute approximate surface area is 317 Å². The number of nitrogens with zero attached hydrogens (tertiary/aromatic N) is 5. The molecule has 4 heterocycles. The van der Waals surface area contributed by atoms with Gasteiger partial charge in [0.2, 0.25) is 0 Å². The quantitative estimate of drug-likeness (QED) is 0.0987. The first-order valence-electron chi connectivity index (χ1n) is 18.5. The summed E-state index contributed by atoms with van der Waals surface area (Å²) in [6.45, 7) is 9.14. The molecule has 0 saturated carbocycles. The van der Waals surface area contributed by atoms with Crippen LogP contribution >= 0.6 is 0 Å². The zero-order valence-electron chi connectivity index (χ0n) is 30.7. The fourth-order valence-electron chi connectivity index (χ4n) is 8.62. The van der Waals surface area contributed by atoms with Gasteiger partial charge in [-0.25, -0.2) is 4.98 Å². The molecule has 2 aliphatic heterocycles. The monoisotopic (exact) mass is 715 g/mol. The molecule has 0 unspecified atom stereocenters. The molecule has 8 aromatic rings. The van der Waals surface area contributed by atoms with Crippen molar-refractivity contribution in [2.24, 2.45) is 0 Å². The zero-order valence-corrected chi connectivity index (χ0v) is 31.7. The van der Waals surface area contributed by atoms with Gasteiger partial charge in [0.25, 0.3) is 6.33 Å². The van der Waals surface area contributed by atoms with Crippen LogP contribution in [0.1, 0.15) is 11.1 Å². The Morgan fingerprint density at radius 3 is 2.06 bits per heavy atom. The van der Waals surface area contributed by atoms with Crippen LogP contribution < -0.4 is 34.8 Å². The van der Waals surface area contributed by atoms with Gasteiger partial charge in [-0.2, -0.15) is 0 Å². The molecule has 0 spiro atoms. The Morgan fingerprint density at radius 1 is 0.630 bits per heavy atom. The van der Waals surface area contributed by atoms with Crippen molar-refractivity contribution in [3.63, 3.8) is 0 Å². The molecule has 0 atom stereocenters. The third-order valence-corrected chi connectivity index (χ3v) is 14.7. The van der Waals surface area contributed by atoms with E-state index in [9.17, 15) is 0 Å². The molecule has 10 rings (SSSR count). The molecular weight excluding hydrogens is 677 g/mol. The topological polar surface area (TPSA) is 37.4 Å². The number of aryl methyl sites for hydroxylation is 2. The first-order chi connectivity index (χ1) is 26.4. The SMILES string of the molecule is Cc1cccc(C)c1B1N(c2ccccc2)c2ccc(Oc3ccc4c(c3)-n3[c-][n+](-c5ccccc5)c5cccc(c53)[Si]4(C)C)cc2N1c1ccccn1. The summed E-state index contributed by atoms with van der Waals surface area (Å²) in [6, 6.07) is 53.6. The summed E-state index contributed by atoms with van der Waals surface area (Å²) in [6.07, 6.45) is 5.59. The van der Waals surface area contributed by atoms with Gasteiger partial charge in [0.15, 0.2) is 0 Å². The average Bonchev–Trinajstić information content (AvgIpc) is 3.75. The number of anilines is 4. The van der Waals surface area contributed by atoms with Crippen LogP contribution in [0, 0.1) is 20.2 Å². The van der Waals surface area contributed by atoms with Crippen LogP contribution in [0.25, 0.3) is 22.4 Å². The van der Waals surface area contributed by atoms with Crippen LogP contribution in [0.2, 0.25) is 13.1 Å². The van der Waals surface area contributed by atoms with Crippen LogP contribution in [-0.4, -0.2) is 24.6 Å². The molecule has 0 amide bonds. The van der Waals surface area contributed by atoms with E-state index in [1.54, 1.807) is 0 Å². The van der Waals surface area contributed by atoms with E-state index in [0.717, 1.165) is 51.3 Å². The van der Waals surface area contributed by atoms with Crippen molar-refractivity contribution in [1.82, 2.24) is 9.55 Å². The zero-order chi connectivity index (χ0) is 36.6. The Hall–Kier alpha value is -6.38. The lowest BCUT2D eigenvalue weighted by Crippen LogP contribution is -2.57. The van der Waals surface area contributed by atoms with E-state index in [4.69, 9.17) is 9.72 Å². The van der Waals surface area contributed by atoms with Gasteiger partial charge in [0.1, 0.15) is 25.4 Å². The number of pyridine rings is 1. The van der Waals surface area contributed by atoms with Gasteiger partial charge in [-0.1, -0.05) is 109 Å². The highest BCUT2D eigenvalue weighted by Crippen LogP contribution is 2.48. The summed E-state index contributed by atoms with van der Waals surface area (Å²) in [5.41, 5.74) is 11.6. The molecule has 0 fully saturated rings. The van der Waals surface area contributed by atoms with Gasteiger partial charge >= 0.3 is 6.98 Å². The number of para-hydroxylation sites is 3. The number of rotatable bonds is 6. The predicted molar refractivity (Wildman–Crippen MR) is 223 cm³/mol. The van der Waals surface area contributed by atoms with E-state index < -0.39 is 8.07 Å². The Kier molecular flexibility index (Phi) is 7.39. The minimum absolute atomic E-state index is 0.159. The Morgan fingerprint density at radius 2 is 1.31 bits per heavy atom. The maximum Gasteiger partial charge on any atom is 0.422 e. The van der Waals surface area contributed by atoms with Crippen LogP contribution in [-0.2, 0) is 0 Å². The molecule has 2 aliphatic rings. The van der Waals surface area contributed by atoms with E-state index in [-0.39, 0.29) is 6.98 Å². The van der Waals surface area contributed by atoms with E-state index in [1.807, 2.05) is 12.3 Å². The molecule has 8 heteroatoms. The van der Waals surface area contributed by atoms with E-state index in [0.29, 0.717) is 0 Å². The smallest absolute Gasteiger partial charge is 0.422 e. The third-order valence-electron chi connectivity index (χ3n) is 11.2. The summed E-state index contributed by atoms with van der Waals surface area (Å²) < 4.78 is 11.3. The first-order valence-corrected chi connectivity index (χ1v) is 21.5. The van der Waals surface area contributed by atoms with Gasteiger partial charge in [-0.3, -0.25) is 9.13 Å². The molecule has 54 heavy (non-hydrogen) atoms. The molecule has 0 radical (unpaired) electrons. The van der Waals surface area contributed by atoms with Gasteiger partial charge < -0.3 is 14.4 Å². The second-order valence-corrected chi connectivity index (χ2v) is 19.1. The molecule has 0 N–H and O–H groups in total. The fraction of sp³-hybridized carbons (Fsp3) is 0.0870. The maximum absolute atomic E-state index is 6.84. The molecule has 6 aromatic carbocycles. The second-order valence-electron chi connectivity index (χ2n) is 14.8. The maximum atomic E-state index is 6.84. The van der Waals surface area contributed by atoms with E-state index in [2.05, 4.69) is 198 Å². The minimum atomic E-state index is -2.04. The van der Waals surface area contributed by atoms with Crippen LogP contribution in [0.4, 0.5) is 22.9 Å². The van der Waals surface area contributed by atoms with Crippen LogP contribution in [0.5, 0.6) is 11.5 Å². The fourth-order valence-corrected chi connectivity index (χ4v) is 11.6. The summed E-state index contributed by atoms with van der Waals surface area (Å²) in [7, 11) is -2.04. The molecule has 0 saturated heterocycles. The summed E-state index contributed by atoms with van der Waals surface area (Å²) in [4.78, 5) is 9.70. The van der Waals surface area contributed by atoms with Crippen molar-refractivity contribution in [1.29, 1.82) is 0 Å². The molecule has 6 nitrogen and oxygen atoms in total. The summed E-state index contributed by atoms with van der Waals surface area (Å²) >= 11 is 0. The average molecular weight is 716 g/mol. The largest absolute Gasteiger partial charge is 0.458 e. The highest BCUT2D eigenvalue weighted by atomic mass is 28.3. The van der Waals surface area contributed by atoms with Gasteiger partial charge in [-0.05, 0) is 90.3 Å². The van der Waals surface area contributed by atoms with Gasteiger partial charge in [-0.15, -0.1) is 0 Å². The van der Waals surface area contributed by atoms with E-state index in [1.165, 1.54) is 32.5 Å². The summed E-state index contributed by atoms with van der Waals surface area (Å²) in [5, 5.41) is 2.79. The Balaban J connectivity index is 1.11. The second kappa shape index (κ2) is 12.4. The highest BCUT2D eigenvalue weighted by molar-refractivity contribution is 7.02. The summed E-state index contributed by atoms with van der Waals surface area (Å²) in [5.74, 6) is 2.42. The lowest BCUT2D eigenvalue weighted by molar-refractivity contribution is -0.572. The highest BCUT2D eigenvalue weighted by Gasteiger charge is 2.46. The lowest BCUT2D eigenvalue weighted by Gasteiger charge is -2.32. The van der Waals surface area contributed by atoms with Gasteiger partial charge in [0.05, 0.1) is 33.8 Å². The third kappa shape index (κ3) is 4.94. The van der Waals surface area contributed by atoms with Gasteiger partial charge in [0, 0.05) is 18.0 Å². The first kappa shape index (κ1) is 32.3. The molecule has 2 aromatic heterocycles. The number of aromatic nitrogens is 3. The van der Waals surface area contributed by atoms with Crippen molar-refractivity contribution in [3.05, 3.63) is 175 Å². The van der Waals surface area contributed by atoms with Crippen molar-refractivity contribution in [2.45, 2.75) is 26.9 Å². The molecule has 0 aliphatic carbocycles. The number of fused-ring (bicyclic) bond motifs is 3. The van der Waals surface area contributed by atoms with Crippen molar-refractivity contribution in [3.8, 4) is 22.9 Å². The number of imidazole rings is 1. The van der Waals surface area contributed by atoms with Crippen LogP contribution in [0.15, 0.2) is 158 Å². The minimum Gasteiger partial charge on any atom is -0.458 e. The normalized spacial score (nSPS) is 14.0. The standard InChI is InChI=1S/C46H38BN5OSi/c1-32-15-13-16-33(2)45(32)47-51(35-19-9-6-10-20-35)38-26-24-36(29-40(38)52(47)44-23-11-12-28-48-44)53-37-25-27-42-41(30-37)50-31-49(34-17-7-5-8-18-34)39-21-14-22-43(46(39)50)54(42,3)4/h5-30H,1-4H3. The van der Waals surface area contributed by atoms with Crippen LogP contribution in [0.3, 0.4) is 0 Å². The lowest BCUT2D eigenvalue weighted by atomic mass is 9.61.